The number of nitrogens with zero attached hydrogens (tertiary/aromatic N) is 4. The van der Waals surface area contributed by atoms with Gasteiger partial charge in [-0.15, -0.1) is 5.10 Å². The molecule has 1 aliphatic carbocycles. The number of ketones is 1. The first kappa shape index (κ1) is 25.5. The number of rotatable bonds is 10. The Morgan fingerprint density at radius 3 is 2.77 bits per heavy atom. The van der Waals surface area contributed by atoms with Crippen LogP contribution in [0, 0.1) is 18.7 Å². The molecule has 0 spiro atoms. The second-order valence-corrected chi connectivity index (χ2v) is 10.3. The number of anilines is 1. The second-order valence-electron chi connectivity index (χ2n) is 10.3. The molecule has 1 N–H and O–H groups in total. The lowest BCUT2D eigenvalue weighted by atomic mass is 9.98. The number of fused-ring (bicyclic) bond motifs is 1. The summed E-state index contributed by atoms with van der Waals surface area (Å²) in [7, 11) is 0. The summed E-state index contributed by atoms with van der Waals surface area (Å²) in [6, 6.07) is 13.6. The molecule has 2 aromatic heterocycles. The summed E-state index contributed by atoms with van der Waals surface area (Å²) in [5.74, 6) is 1.04. The third-order valence-corrected chi connectivity index (χ3v) is 7.30. The van der Waals surface area contributed by atoms with Gasteiger partial charge in [0.2, 0.25) is 5.88 Å². The van der Waals surface area contributed by atoms with Crippen LogP contribution >= 0.6 is 0 Å². The molecule has 4 aromatic rings. The standard InChI is InChI=1S/C30H32FN5O3/c1-20-15-22(7-8-25(20)28(37)16-21-5-6-21)27-19-33-30-26(32-9-10-35-11-13-38-14-12-35)18-29(34-36(27)30)39-24-4-2-3-23(31)17-24/h2-4,7-8,15,17-19,21,32H,5-6,9-14,16H2,1H3. The minimum absolute atomic E-state index is 0.204. The predicted octanol–water partition coefficient (Wildman–Crippen LogP) is 5.36. The van der Waals surface area contributed by atoms with Gasteiger partial charge in [0.1, 0.15) is 11.6 Å². The van der Waals surface area contributed by atoms with Gasteiger partial charge in [0.05, 0.1) is 30.8 Å². The lowest BCUT2D eigenvalue weighted by Gasteiger charge is -2.26. The van der Waals surface area contributed by atoms with Gasteiger partial charge in [-0.25, -0.2) is 13.9 Å². The molecule has 39 heavy (non-hydrogen) atoms. The molecule has 0 atom stereocenters. The minimum Gasteiger partial charge on any atom is -0.437 e. The summed E-state index contributed by atoms with van der Waals surface area (Å²) in [6.45, 7) is 6.86. The molecule has 2 aliphatic rings. The monoisotopic (exact) mass is 529 g/mol. The van der Waals surface area contributed by atoms with Gasteiger partial charge in [-0.3, -0.25) is 9.69 Å². The fraction of sp³-hybridized carbons (Fsp3) is 0.367. The number of hydrogen-bond acceptors (Lipinski definition) is 7. The fourth-order valence-electron chi connectivity index (χ4n) is 4.98. The van der Waals surface area contributed by atoms with Gasteiger partial charge >= 0.3 is 0 Å². The zero-order chi connectivity index (χ0) is 26.8. The lowest BCUT2D eigenvalue weighted by molar-refractivity contribution is 0.0398. The number of morpholine rings is 1. The average molecular weight is 530 g/mol. The molecule has 2 aromatic carbocycles. The second kappa shape index (κ2) is 11.1. The molecule has 0 radical (unpaired) electrons. The van der Waals surface area contributed by atoms with Crippen LogP contribution < -0.4 is 10.1 Å². The summed E-state index contributed by atoms with van der Waals surface area (Å²) in [4.78, 5) is 19.8. The van der Waals surface area contributed by atoms with E-state index < -0.39 is 0 Å². The van der Waals surface area contributed by atoms with E-state index in [0.29, 0.717) is 36.2 Å². The van der Waals surface area contributed by atoms with Crippen LogP contribution in [0.2, 0.25) is 0 Å². The lowest BCUT2D eigenvalue weighted by Crippen LogP contribution is -2.39. The summed E-state index contributed by atoms with van der Waals surface area (Å²) >= 11 is 0. The Labute approximate surface area is 226 Å². The predicted molar refractivity (Wildman–Crippen MR) is 147 cm³/mol. The number of benzene rings is 2. The summed E-state index contributed by atoms with van der Waals surface area (Å²) in [5.41, 5.74) is 4.80. The number of halogens is 1. The maximum Gasteiger partial charge on any atom is 0.239 e. The van der Waals surface area contributed by atoms with Gasteiger partial charge in [-0.05, 0) is 49.4 Å². The van der Waals surface area contributed by atoms with Crippen LogP contribution in [0.3, 0.4) is 0 Å². The molecule has 9 heteroatoms. The maximum absolute atomic E-state index is 13.8. The first-order valence-corrected chi connectivity index (χ1v) is 13.5. The summed E-state index contributed by atoms with van der Waals surface area (Å²) in [5, 5.41) is 8.20. The highest BCUT2D eigenvalue weighted by atomic mass is 19.1. The zero-order valence-electron chi connectivity index (χ0n) is 22.0. The summed E-state index contributed by atoms with van der Waals surface area (Å²) in [6.07, 6.45) is 4.71. The molecular formula is C30H32FN5O3. The van der Waals surface area contributed by atoms with E-state index in [0.717, 1.165) is 73.8 Å². The molecule has 6 rings (SSSR count). The van der Waals surface area contributed by atoms with Crippen LogP contribution in [0.25, 0.3) is 16.9 Å². The maximum atomic E-state index is 13.8. The van der Waals surface area contributed by atoms with E-state index in [1.165, 1.54) is 12.1 Å². The zero-order valence-corrected chi connectivity index (χ0v) is 22.0. The molecule has 1 aliphatic heterocycles. The first-order chi connectivity index (χ1) is 19.0. The number of carbonyl (C=O) groups excluding carboxylic acids is 1. The highest BCUT2D eigenvalue weighted by Gasteiger charge is 2.25. The van der Waals surface area contributed by atoms with Gasteiger partial charge in [-0.1, -0.05) is 18.2 Å². The highest BCUT2D eigenvalue weighted by Crippen LogP contribution is 2.35. The molecule has 0 amide bonds. The van der Waals surface area contributed by atoms with E-state index in [1.807, 2.05) is 25.1 Å². The van der Waals surface area contributed by atoms with Gasteiger partial charge in [-0.2, -0.15) is 0 Å². The molecule has 0 bridgehead atoms. The molecule has 3 heterocycles. The van der Waals surface area contributed by atoms with Crippen molar-refractivity contribution >= 4 is 17.1 Å². The van der Waals surface area contributed by atoms with Crippen molar-refractivity contribution in [1.29, 1.82) is 0 Å². The van der Waals surface area contributed by atoms with Crippen molar-refractivity contribution in [2.75, 3.05) is 44.7 Å². The third kappa shape index (κ3) is 5.94. The Morgan fingerprint density at radius 2 is 2.00 bits per heavy atom. The van der Waals surface area contributed by atoms with Crippen LogP contribution in [-0.4, -0.2) is 64.7 Å². The first-order valence-electron chi connectivity index (χ1n) is 13.5. The molecular weight excluding hydrogens is 497 g/mol. The van der Waals surface area contributed by atoms with Crippen molar-refractivity contribution in [2.24, 2.45) is 5.92 Å². The largest absolute Gasteiger partial charge is 0.437 e. The van der Waals surface area contributed by atoms with Crippen LogP contribution in [0.5, 0.6) is 11.6 Å². The Morgan fingerprint density at radius 1 is 1.15 bits per heavy atom. The fourth-order valence-corrected chi connectivity index (χ4v) is 4.98. The normalized spacial score (nSPS) is 15.9. The van der Waals surface area contributed by atoms with Crippen molar-refractivity contribution in [3.8, 4) is 22.9 Å². The van der Waals surface area contributed by atoms with Crippen molar-refractivity contribution in [3.05, 3.63) is 71.7 Å². The van der Waals surface area contributed by atoms with Crippen molar-refractivity contribution in [1.82, 2.24) is 19.5 Å². The number of aryl methyl sites for hydroxylation is 1. The van der Waals surface area contributed by atoms with Gasteiger partial charge in [0.25, 0.3) is 0 Å². The Hall–Kier alpha value is -3.82. The summed E-state index contributed by atoms with van der Waals surface area (Å²) < 4.78 is 27.0. The quantitative estimate of drug-likeness (QED) is 0.277. The van der Waals surface area contributed by atoms with Crippen LogP contribution in [-0.2, 0) is 4.74 Å². The number of nitrogens with one attached hydrogen (secondary N) is 1. The van der Waals surface area contributed by atoms with Crippen molar-refractivity contribution in [3.63, 3.8) is 0 Å². The Bertz CT molecular complexity index is 1490. The molecule has 1 saturated heterocycles. The van der Waals surface area contributed by atoms with E-state index in [2.05, 4.69) is 15.2 Å². The molecule has 2 fully saturated rings. The van der Waals surface area contributed by atoms with Crippen molar-refractivity contribution < 1.29 is 18.7 Å². The number of hydrogen-bond donors (Lipinski definition) is 1. The topological polar surface area (TPSA) is 81.0 Å². The van der Waals surface area contributed by atoms with E-state index >= 15 is 0 Å². The van der Waals surface area contributed by atoms with Crippen LogP contribution in [0.4, 0.5) is 10.1 Å². The molecule has 202 valence electrons. The molecule has 8 nitrogen and oxygen atoms in total. The number of imidazole rings is 1. The van der Waals surface area contributed by atoms with Gasteiger partial charge < -0.3 is 14.8 Å². The van der Waals surface area contributed by atoms with Gasteiger partial charge in [0, 0.05) is 55.9 Å². The number of aromatic nitrogens is 3. The average Bonchev–Trinajstić information content (AvgIpc) is 3.64. The number of Topliss-reactive ketones (excluding diaryl/α,β-unsaturated/α-hetero) is 1. The molecule has 0 unspecified atom stereocenters. The number of carbonyl (C=O) groups is 1. The minimum atomic E-state index is -0.382. The van der Waals surface area contributed by atoms with Crippen molar-refractivity contribution in [2.45, 2.75) is 26.2 Å². The van der Waals surface area contributed by atoms with Crippen LogP contribution in [0.15, 0.2) is 54.7 Å². The Balaban J connectivity index is 1.31. The Kier molecular flexibility index (Phi) is 7.26. The van der Waals surface area contributed by atoms with E-state index in [9.17, 15) is 9.18 Å². The SMILES string of the molecule is Cc1cc(-c2cnc3c(NCCN4CCOCC4)cc(Oc4cccc(F)c4)nn23)ccc1C(=O)CC1CC1. The molecule has 1 saturated carbocycles. The third-order valence-electron chi connectivity index (χ3n) is 7.30. The van der Waals surface area contributed by atoms with Gasteiger partial charge in [0.15, 0.2) is 11.4 Å². The smallest absolute Gasteiger partial charge is 0.239 e. The van der Waals surface area contributed by atoms with E-state index in [4.69, 9.17) is 14.6 Å². The highest BCUT2D eigenvalue weighted by molar-refractivity contribution is 5.98. The number of ether oxygens (including phenoxy) is 2. The van der Waals surface area contributed by atoms with E-state index in [-0.39, 0.29) is 11.6 Å². The van der Waals surface area contributed by atoms with E-state index in [1.54, 1.807) is 28.9 Å². The van der Waals surface area contributed by atoms with Crippen LogP contribution in [0.1, 0.15) is 35.2 Å².